The summed E-state index contributed by atoms with van der Waals surface area (Å²) in [6, 6.07) is 7.52. The lowest BCUT2D eigenvalue weighted by Gasteiger charge is -2.18. The molecule has 0 aromatic heterocycles. The second kappa shape index (κ2) is 7.13. The van der Waals surface area contributed by atoms with E-state index < -0.39 is 6.04 Å². The van der Waals surface area contributed by atoms with Gasteiger partial charge in [0, 0.05) is 13.1 Å². The molecule has 1 unspecified atom stereocenters. The van der Waals surface area contributed by atoms with Crippen LogP contribution in [0.4, 0.5) is 0 Å². The Bertz CT molecular complexity index is 374. The molecule has 100 valence electrons. The van der Waals surface area contributed by atoms with Gasteiger partial charge in [-0.3, -0.25) is 5.32 Å². The molecule has 4 nitrogen and oxygen atoms in total. The molecule has 18 heavy (non-hydrogen) atoms. The fraction of sp³-hybridized carbons (Fsp3) is 0.500. The van der Waals surface area contributed by atoms with Crippen molar-refractivity contribution in [1.29, 1.82) is 0 Å². The van der Waals surface area contributed by atoms with Crippen molar-refractivity contribution in [2.45, 2.75) is 13.0 Å². The number of likely N-dealkylation sites (N-methyl/N-ethyl adjacent to an activating group) is 1. The third-order valence-corrected chi connectivity index (χ3v) is 2.76. The zero-order valence-electron chi connectivity index (χ0n) is 11.6. The third kappa shape index (κ3) is 4.47. The molecule has 0 bridgehead atoms. The van der Waals surface area contributed by atoms with Crippen molar-refractivity contribution in [1.82, 2.24) is 10.2 Å². The number of nitrogens with one attached hydrogen (secondary N) is 1. The van der Waals surface area contributed by atoms with E-state index in [1.54, 1.807) is 0 Å². The van der Waals surface area contributed by atoms with Gasteiger partial charge in [0.25, 0.3) is 0 Å². The van der Waals surface area contributed by atoms with E-state index in [-0.39, 0.29) is 5.97 Å². The van der Waals surface area contributed by atoms with Gasteiger partial charge in [-0.15, -0.1) is 0 Å². The maximum Gasteiger partial charge on any atom is 0.327 e. The zero-order chi connectivity index (χ0) is 13.5. The van der Waals surface area contributed by atoms with Gasteiger partial charge in [0.1, 0.15) is 6.04 Å². The molecule has 0 radical (unpaired) electrons. The lowest BCUT2D eigenvalue weighted by atomic mass is 10.1. The molecule has 1 aromatic carbocycles. The lowest BCUT2D eigenvalue weighted by molar-refractivity contribution is -0.143. The number of methoxy groups -OCH3 is 1. The molecule has 0 amide bonds. The van der Waals surface area contributed by atoms with Crippen LogP contribution in [-0.2, 0) is 9.53 Å². The van der Waals surface area contributed by atoms with Crippen LogP contribution in [0.15, 0.2) is 24.3 Å². The molecule has 0 fully saturated rings. The Morgan fingerprint density at radius 3 is 2.44 bits per heavy atom. The van der Waals surface area contributed by atoms with Gasteiger partial charge in [-0.05, 0) is 26.6 Å². The maximum atomic E-state index is 11.8. The monoisotopic (exact) mass is 250 g/mol. The van der Waals surface area contributed by atoms with Crippen LogP contribution in [0.2, 0.25) is 0 Å². The highest BCUT2D eigenvalue weighted by atomic mass is 16.5. The van der Waals surface area contributed by atoms with Crippen LogP contribution in [0, 0.1) is 6.92 Å². The van der Waals surface area contributed by atoms with E-state index in [2.05, 4.69) is 10.2 Å². The van der Waals surface area contributed by atoms with Crippen molar-refractivity contribution in [3.8, 4) is 0 Å². The fourth-order valence-electron chi connectivity index (χ4n) is 1.65. The summed E-state index contributed by atoms with van der Waals surface area (Å²) in [5.41, 5.74) is 2.11. The highest BCUT2D eigenvalue weighted by molar-refractivity contribution is 5.77. The Morgan fingerprint density at radius 2 is 1.94 bits per heavy atom. The average Bonchev–Trinajstić information content (AvgIpc) is 2.35. The van der Waals surface area contributed by atoms with Gasteiger partial charge < -0.3 is 9.64 Å². The molecule has 0 spiro atoms. The number of hydrogen-bond donors (Lipinski definition) is 1. The number of nitrogens with zero attached hydrogens (tertiary/aromatic N) is 1. The first-order valence-electron chi connectivity index (χ1n) is 6.07. The standard InChI is InChI=1S/C14H22N2O2/c1-11-5-7-12(8-6-11)13(14(17)18-4)15-9-10-16(2)3/h5-8,13,15H,9-10H2,1-4H3. The summed E-state index contributed by atoms with van der Waals surface area (Å²) in [5.74, 6) is -0.252. The van der Waals surface area contributed by atoms with E-state index >= 15 is 0 Å². The minimum absolute atomic E-state index is 0.252. The summed E-state index contributed by atoms with van der Waals surface area (Å²) in [6.45, 7) is 3.64. The van der Waals surface area contributed by atoms with E-state index in [9.17, 15) is 4.79 Å². The summed E-state index contributed by atoms with van der Waals surface area (Å²) in [6.07, 6.45) is 0. The van der Waals surface area contributed by atoms with Crippen LogP contribution in [0.5, 0.6) is 0 Å². The number of benzene rings is 1. The van der Waals surface area contributed by atoms with E-state index in [1.807, 2.05) is 45.3 Å². The molecule has 0 aliphatic heterocycles. The molecule has 0 saturated carbocycles. The first kappa shape index (κ1) is 14.7. The number of rotatable bonds is 6. The highest BCUT2D eigenvalue weighted by Crippen LogP contribution is 2.15. The van der Waals surface area contributed by atoms with Crippen LogP contribution in [0.1, 0.15) is 17.2 Å². The molecule has 1 atom stereocenters. The van der Waals surface area contributed by atoms with E-state index in [0.29, 0.717) is 0 Å². The van der Waals surface area contributed by atoms with Crippen LogP contribution in [0.25, 0.3) is 0 Å². The Kier molecular flexibility index (Phi) is 5.82. The number of hydrogen-bond acceptors (Lipinski definition) is 4. The first-order valence-corrected chi connectivity index (χ1v) is 6.07. The largest absolute Gasteiger partial charge is 0.468 e. The Hall–Kier alpha value is -1.39. The normalized spacial score (nSPS) is 12.5. The van der Waals surface area contributed by atoms with Gasteiger partial charge in [0.15, 0.2) is 0 Å². The van der Waals surface area contributed by atoms with E-state index in [4.69, 9.17) is 4.74 Å². The Balaban J connectivity index is 2.72. The second-order valence-electron chi connectivity index (χ2n) is 4.62. The van der Waals surface area contributed by atoms with Crippen LogP contribution in [-0.4, -0.2) is 45.2 Å². The number of carbonyl (C=O) groups is 1. The van der Waals surface area contributed by atoms with Crippen molar-refractivity contribution in [2.24, 2.45) is 0 Å². The smallest absolute Gasteiger partial charge is 0.327 e. The van der Waals surface area contributed by atoms with Gasteiger partial charge in [0.2, 0.25) is 0 Å². The molecule has 0 aliphatic rings. The third-order valence-electron chi connectivity index (χ3n) is 2.76. The van der Waals surface area contributed by atoms with E-state index in [0.717, 1.165) is 18.7 Å². The summed E-state index contributed by atoms with van der Waals surface area (Å²) < 4.78 is 4.84. The maximum absolute atomic E-state index is 11.8. The summed E-state index contributed by atoms with van der Waals surface area (Å²) in [4.78, 5) is 13.8. The second-order valence-corrected chi connectivity index (χ2v) is 4.62. The van der Waals surface area contributed by atoms with Crippen molar-refractivity contribution < 1.29 is 9.53 Å². The molecule has 1 rings (SSSR count). The summed E-state index contributed by atoms with van der Waals surface area (Å²) in [5, 5.41) is 3.22. The van der Waals surface area contributed by atoms with Crippen molar-refractivity contribution in [2.75, 3.05) is 34.3 Å². The lowest BCUT2D eigenvalue weighted by Crippen LogP contribution is -2.34. The van der Waals surface area contributed by atoms with Crippen molar-refractivity contribution in [3.63, 3.8) is 0 Å². The van der Waals surface area contributed by atoms with Crippen LogP contribution in [0.3, 0.4) is 0 Å². The van der Waals surface area contributed by atoms with Crippen LogP contribution < -0.4 is 5.32 Å². The molecule has 0 saturated heterocycles. The minimum atomic E-state index is -0.393. The zero-order valence-corrected chi connectivity index (χ0v) is 11.6. The van der Waals surface area contributed by atoms with Gasteiger partial charge >= 0.3 is 5.97 Å². The topological polar surface area (TPSA) is 41.6 Å². The minimum Gasteiger partial charge on any atom is -0.468 e. The van der Waals surface area contributed by atoms with Gasteiger partial charge in [-0.1, -0.05) is 29.8 Å². The number of carbonyl (C=O) groups excluding carboxylic acids is 1. The Morgan fingerprint density at radius 1 is 1.33 bits per heavy atom. The number of aryl methyl sites for hydroxylation is 1. The molecule has 0 heterocycles. The van der Waals surface area contributed by atoms with Gasteiger partial charge in [-0.2, -0.15) is 0 Å². The summed E-state index contributed by atoms with van der Waals surface area (Å²) >= 11 is 0. The highest BCUT2D eigenvalue weighted by Gasteiger charge is 2.20. The first-order chi connectivity index (χ1) is 8.54. The molecule has 1 aromatic rings. The van der Waals surface area contributed by atoms with Crippen molar-refractivity contribution in [3.05, 3.63) is 35.4 Å². The predicted octanol–water partition coefficient (Wildman–Crippen LogP) is 1.36. The van der Waals surface area contributed by atoms with Crippen molar-refractivity contribution >= 4 is 5.97 Å². The quantitative estimate of drug-likeness (QED) is 0.774. The fourth-order valence-corrected chi connectivity index (χ4v) is 1.65. The molecule has 0 aliphatic carbocycles. The molecule has 1 N–H and O–H groups in total. The van der Waals surface area contributed by atoms with E-state index in [1.165, 1.54) is 12.7 Å². The van der Waals surface area contributed by atoms with Gasteiger partial charge in [-0.25, -0.2) is 4.79 Å². The summed E-state index contributed by atoms with van der Waals surface area (Å²) in [7, 11) is 5.42. The molecular formula is C14H22N2O2. The number of ether oxygens (including phenoxy) is 1. The Labute approximate surface area is 109 Å². The number of esters is 1. The SMILES string of the molecule is COC(=O)C(NCCN(C)C)c1ccc(C)cc1. The molecular weight excluding hydrogens is 228 g/mol. The average molecular weight is 250 g/mol. The molecule has 4 heteroatoms. The predicted molar refractivity (Wildman–Crippen MR) is 72.5 cm³/mol. The van der Waals surface area contributed by atoms with Crippen LogP contribution >= 0.6 is 0 Å². The van der Waals surface area contributed by atoms with Gasteiger partial charge in [0.05, 0.1) is 7.11 Å².